The van der Waals surface area contributed by atoms with Gasteiger partial charge in [0.1, 0.15) is 5.75 Å². The summed E-state index contributed by atoms with van der Waals surface area (Å²) in [7, 11) is 0.249. The van der Waals surface area contributed by atoms with E-state index in [2.05, 4.69) is 48.6 Å². The van der Waals surface area contributed by atoms with Crippen LogP contribution in [-0.2, 0) is 20.3 Å². The normalized spacial score (nSPS) is 17.3. The van der Waals surface area contributed by atoms with Crippen LogP contribution in [0.15, 0.2) is 52.3 Å². The highest BCUT2D eigenvalue weighted by Gasteiger charge is 2.28. The zero-order valence-electron chi connectivity index (χ0n) is 20.5. The second-order valence-electron chi connectivity index (χ2n) is 7.88. The maximum atomic E-state index is 13.2. The van der Waals surface area contributed by atoms with Gasteiger partial charge >= 0.3 is 5.97 Å². The number of ether oxygens (including phenoxy) is 2. The van der Waals surface area contributed by atoms with Gasteiger partial charge in [-0.15, -0.1) is 11.8 Å². The molecule has 0 aliphatic carbocycles. The number of nitrogens with zero attached hydrogens (tertiary/aromatic N) is 1. The Kier molecular flexibility index (Phi) is 11.8. The number of benzene rings is 2. The monoisotopic (exact) mass is 491 g/mol. The molecule has 3 rings (SSSR count). The Balaban J connectivity index is 0.000000890. The standard InChI is InChI=1S/C22H27NO4S2.C4H10/c1-4-16-14-23(17-8-6-5-7-9-17)18-12-20(28-3)19(13-21(18)29(25)15-16)27-11-10-22(24)26-2;1-3-4-2/h5-9,12-13,16H,4,10-11,14-15H2,1-3H3;3-4H2,1-2H3/t16-,29?;/m0./s1. The van der Waals surface area contributed by atoms with Crippen molar-refractivity contribution in [3.63, 3.8) is 0 Å². The van der Waals surface area contributed by atoms with Crippen LogP contribution in [0.2, 0.25) is 0 Å². The Hall–Kier alpha value is -1.99. The second kappa shape index (κ2) is 14.3. The summed E-state index contributed by atoms with van der Waals surface area (Å²) in [6.07, 6.45) is 5.78. The minimum absolute atomic E-state index is 0.179. The lowest BCUT2D eigenvalue weighted by atomic mass is 10.1. The van der Waals surface area contributed by atoms with E-state index >= 15 is 0 Å². The number of fused-ring (bicyclic) bond motifs is 1. The van der Waals surface area contributed by atoms with Gasteiger partial charge in [-0.1, -0.05) is 58.2 Å². The Morgan fingerprint density at radius 3 is 2.42 bits per heavy atom. The number of methoxy groups -OCH3 is 1. The van der Waals surface area contributed by atoms with E-state index in [0.717, 1.165) is 34.1 Å². The van der Waals surface area contributed by atoms with Gasteiger partial charge in [0.2, 0.25) is 0 Å². The Bertz CT molecular complexity index is 903. The molecule has 0 saturated carbocycles. The third-order valence-electron chi connectivity index (χ3n) is 5.55. The lowest BCUT2D eigenvalue weighted by Crippen LogP contribution is -2.25. The minimum Gasteiger partial charge on any atom is -0.492 e. The summed E-state index contributed by atoms with van der Waals surface area (Å²) in [5.74, 6) is 1.32. The zero-order valence-corrected chi connectivity index (χ0v) is 22.1. The molecular formula is C26H37NO4S2. The maximum Gasteiger partial charge on any atom is 0.308 e. The molecule has 0 fully saturated rings. The summed E-state index contributed by atoms with van der Waals surface area (Å²) in [6, 6.07) is 14.2. The van der Waals surface area contributed by atoms with Crippen molar-refractivity contribution in [3.05, 3.63) is 42.5 Å². The van der Waals surface area contributed by atoms with Crippen molar-refractivity contribution in [2.45, 2.75) is 56.2 Å². The van der Waals surface area contributed by atoms with E-state index in [1.807, 2.05) is 30.5 Å². The van der Waals surface area contributed by atoms with Gasteiger partial charge in [-0.3, -0.25) is 9.00 Å². The van der Waals surface area contributed by atoms with Crippen molar-refractivity contribution < 1.29 is 18.5 Å². The van der Waals surface area contributed by atoms with Gasteiger partial charge in [-0.25, -0.2) is 0 Å². The Morgan fingerprint density at radius 1 is 1.15 bits per heavy atom. The summed E-state index contributed by atoms with van der Waals surface area (Å²) in [5.41, 5.74) is 2.06. The van der Waals surface area contributed by atoms with Crippen molar-refractivity contribution in [1.29, 1.82) is 0 Å². The van der Waals surface area contributed by atoms with Gasteiger partial charge in [0.25, 0.3) is 0 Å². The number of hydrogen-bond donors (Lipinski definition) is 0. The number of hydrogen-bond acceptors (Lipinski definition) is 6. The predicted molar refractivity (Wildman–Crippen MR) is 139 cm³/mol. The highest BCUT2D eigenvalue weighted by molar-refractivity contribution is 7.98. The van der Waals surface area contributed by atoms with Crippen LogP contribution in [0.25, 0.3) is 0 Å². The second-order valence-corrected chi connectivity index (χ2v) is 10.2. The number of unbranched alkanes of at least 4 members (excludes halogenated alkanes) is 1. The molecule has 0 N–H and O–H groups in total. The molecule has 0 bridgehead atoms. The molecule has 7 heteroatoms. The quantitative estimate of drug-likeness (QED) is 0.313. The molecule has 2 atom stereocenters. The van der Waals surface area contributed by atoms with Crippen LogP contribution in [0.4, 0.5) is 11.4 Å². The summed E-state index contributed by atoms with van der Waals surface area (Å²) in [5, 5.41) is 0. The van der Waals surface area contributed by atoms with Crippen LogP contribution in [0.1, 0.15) is 46.5 Å². The summed E-state index contributed by atoms with van der Waals surface area (Å²) in [6.45, 7) is 7.57. The number of carbonyl (C=O) groups is 1. The molecule has 0 aromatic heterocycles. The molecule has 2 aromatic rings. The first-order valence-corrected chi connectivity index (χ1v) is 14.2. The fourth-order valence-corrected chi connectivity index (χ4v) is 5.49. The van der Waals surface area contributed by atoms with Gasteiger partial charge in [-0.05, 0) is 36.4 Å². The average Bonchev–Trinajstić information content (AvgIpc) is 2.99. The van der Waals surface area contributed by atoms with Crippen LogP contribution in [0.5, 0.6) is 5.75 Å². The molecule has 1 heterocycles. The summed E-state index contributed by atoms with van der Waals surface area (Å²) in [4.78, 5) is 15.4. The molecule has 0 spiro atoms. The van der Waals surface area contributed by atoms with Gasteiger partial charge in [0.05, 0.1) is 46.4 Å². The lowest BCUT2D eigenvalue weighted by molar-refractivity contribution is -0.141. The van der Waals surface area contributed by atoms with E-state index in [4.69, 9.17) is 4.74 Å². The third kappa shape index (κ3) is 7.78. The first kappa shape index (κ1) is 27.3. The van der Waals surface area contributed by atoms with Gasteiger partial charge in [0.15, 0.2) is 0 Å². The number of thioether (sulfide) groups is 1. The van der Waals surface area contributed by atoms with Gasteiger partial charge < -0.3 is 14.4 Å². The Labute approximate surface area is 205 Å². The molecule has 5 nitrogen and oxygen atoms in total. The summed E-state index contributed by atoms with van der Waals surface area (Å²) < 4.78 is 23.7. The average molecular weight is 492 g/mol. The van der Waals surface area contributed by atoms with E-state index < -0.39 is 10.8 Å². The topological polar surface area (TPSA) is 55.8 Å². The molecule has 33 heavy (non-hydrogen) atoms. The molecule has 1 aliphatic rings. The van der Waals surface area contributed by atoms with E-state index in [-0.39, 0.29) is 19.0 Å². The molecule has 182 valence electrons. The fraction of sp³-hybridized carbons (Fsp3) is 0.500. The molecule has 0 saturated heterocycles. The Morgan fingerprint density at radius 2 is 1.85 bits per heavy atom. The third-order valence-corrected chi connectivity index (χ3v) is 7.90. The van der Waals surface area contributed by atoms with E-state index in [9.17, 15) is 9.00 Å². The van der Waals surface area contributed by atoms with E-state index in [1.54, 1.807) is 11.8 Å². The largest absolute Gasteiger partial charge is 0.492 e. The number of rotatable bonds is 8. The number of carbonyl (C=O) groups excluding carboxylic acids is 1. The van der Waals surface area contributed by atoms with Crippen molar-refractivity contribution in [3.8, 4) is 5.75 Å². The van der Waals surface area contributed by atoms with Crippen molar-refractivity contribution in [1.82, 2.24) is 0 Å². The highest BCUT2D eigenvalue weighted by Crippen LogP contribution is 2.42. The van der Waals surface area contributed by atoms with Gasteiger partial charge in [0, 0.05) is 18.0 Å². The van der Waals surface area contributed by atoms with Crippen molar-refractivity contribution >= 4 is 39.9 Å². The number of anilines is 2. The minimum atomic E-state index is -1.12. The molecule has 2 aromatic carbocycles. The molecule has 0 amide bonds. The zero-order chi connectivity index (χ0) is 24.2. The first-order valence-electron chi connectivity index (χ1n) is 11.6. The SMILES string of the molecule is CCCC.CC[C@H]1CN(c2ccccc2)c2cc(SC)c(OCCC(=O)OC)cc2S(=O)C1. The number of para-hydroxylation sites is 1. The highest BCUT2D eigenvalue weighted by atomic mass is 32.2. The fourth-order valence-electron chi connectivity index (χ4n) is 3.36. The van der Waals surface area contributed by atoms with Crippen LogP contribution in [-0.4, -0.2) is 42.4 Å². The van der Waals surface area contributed by atoms with Crippen molar-refractivity contribution in [2.24, 2.45) is 5.92 Å². The van der Waals surface area contributed by atoms with Crippen LogP contribution >= 0.6 is 11.8 Å². The molecular weight excluding hydrogens is 454 g/mol. The predicted octanol–water partition coefficient (Wildman–Crippen LogP) is 6.44. The van der Waals surface area contributed by atoms with Gasteiger partial charge in [-0.2, -0.15) is 0 Å². The first-order chi connectivity index (χ1) is 16.0. The van der Waals surface area contributed by atoms with E-state index in [1.165, 1.54) is 20.0 Å². The lowest BCUT2D eigenvalue weighted by Gasteiger charge is -2.28. The molecule has 0 radical (unpaired) electrons. The smallest absolute Gasteiger partial charge is 0.308 e. The summed E-state index contributed by atoms with van der Waals surface area (Å²) >= 11 is 1.58. The maximum absolute atomic E-state index is 13.2. The number of esters is 1. The van der Waals surface area contributed by atoms with Crippen LogP contribution < -0.4 is 9.64 Å². The van der Waals surface area contributed by atoms with Crippen molar-refractivity contribution in [2.75, 3.05) is 37.2 Å². The van der Waals surface area contributed by atoms with E-state index in [0.29, 0.717) is 17.4 Å². The molecule has 1 aliphatic heterocycles. The van der Waals surface area contributed by atoms with Crippen LogP contribution in [0, 0.1) is 5.92 Å². The molecule has 1 unspecified atom stereocenters. The van der Waals surface area contributed by atoms with Crippen LogP contribution in [0.3, 0.4) is 0 Å².